The Hall–Kier alpha value is -1.36. The van der Waals surface area contributed by atoms with E-state index in [1.54, 1.807) is 6.20 Å². The van der Waals surface area contributed by atoms with Crippen LogP contribution in [0.15, 0.2) is 36.5 Å². The number of pyridine rings is 1. The first-order valence-corrected chi connectivity index (χ1v) is 6.04. The van der Waals surface area contributed by atoms with Crippen LogP contribution in [0.1, 0.15) is 17.4 Å². The fourth-order valence-electron chi connectivity index (χ4n) is 1.73. The number of nitrogens with zero attached hydrogens (tertiary/aromatic N) is 1. The second-order valence-corrected chi connectivity index (χ2v) is 4.43. The maximum atomic E-state index is 12.1. The molecule has 1 unspecified atom stereocenters. The van der Waals surface area contributed by atoms with Crippen LogP contribution in [-0.4, -0.2) is 24.0 Å². The van der Waals surface area contributed by atoms with Gasteiger partial charge in [-0.25, -0.2) is 0 Å². The molecule has 4 nitrogen and oxygen atoms in total. The molecular weight excluding hydrogens is 297 g/mol. The molecule has 1 amide bonds. The van der Waals surface area contributed by atoms with Crippen molar-refractivity contribution in [3.8, 4) is 0 Å². The third-order valence-corrected chi connectivity index (χ3v) is 2.90. The number of aromatic nitrogens is 1. The average Bonchev–Trinajstić information content (AvgIpc) is 2.43. The minimum atomic E-state index is -0.146. The monoisotopic (exact) mass is 315 g/mol. The Balaban J connectivity index is 0.00000180. The lowest BCUT2D eigenvalue weighted by Gasteiger charge is -2.10. The van der Waals surface area contributed by atoms with Crippen molar-refractivity contribution in [3.05, 3.63) is 42.2 Å². The number of rotatable bonds is 4. The Morgan fingerprint density at radius 3 is 2.70 bits per heavy atom. The third kappa shape index (κ3) is 4.34. The van der Waals surface area contributed by atoms with E-state index in [2.05, 4.69) is 10.3 Å². The molecule has 3 N–H and O–H groups in total. The molecule has 2 aromatic rings. The summed E-state index contributed by atoms with van der Waals surface area (Å²) in [6.45, 7) is 3.13. The summed E-state index contributed by atoms with van der Waals surface area (Å²) in [4.78, 5) is 16.2. The molecule has 0 bridgehead atoms. The third-order valence-electron chi connectivity index (χ3n) is 2.90. The van der Waals surface area contributed by atoms with Crippen LogP contribution in [0.3, 0.4) is 0 Å². The second kappa shape index (κ2) is 8.74. The van der Waals surface area contributed by atoms with E-state index in [4.69, 9.17) is 5.73 Å². The van der Waals surface area contributed by atoms with Gasteiger partial charge >= 0.3 is 0 Å². The lowest BCUT2D eigenvalue weighted by atomic mass is 10.1. The summed E-state index contributed by atoms with van der Waals surface area (Å²) in [6.07, 6.45) is 1.66. The van der Waals surface area contributed by atoms with Crippen molar-refractivity contribution < 1.29 is 4.79 Å². The number of hydrogen-bond acceptors (Lipinski definition) is 3. The summed E-state index contributed by atoms with van der Waals surface area (Å²) < 4.78 is 0. The Morgan fingerprint density at radius 2 is 2.00 bits per heavy atom. The molecule has 1 heterocycles. The highest BCUT2D eigenvalue weighted by atomic mass is 35.5. The summed E-state index contributed by atoms with van der Waals surface area (Å²) in [6, 6.07) is 9.62. The highest BCUT2D eigenvalue weighted by Gasteiger charge is 2.11. The lowest BCUT2D eigenvalue weighted by molar-refractivity contribution is 0.0945. The standard InChI is InChI=1S/C14H17N3O.2ClH/c1-10(8-15)9-17-14(18)13-12-5-3-2-4-11(12)6-7-16-13;;/h2-7,10H,8-9,15H2,1H3,(H,17,18);2*1H. The first-order valence-electron chi connectivity index (χ1n) is 6.04. The van der Waals surface area contributed by atoms with Gasteiger partial charge in [0.25, 0.3) is 5.91 Å². The molecule has 110 valence electrons. The lowest BCUT2D eigenvalue weighted by Crippen LogP contribution is -2.31. The number of amides is 1. The van der Waals surface area contributed by atoms with Crippen LogP contribution in [0.2, 0.25) is 0 Å². The zero-order chi connectivity index (χ0) is 13.0. The molecular formula is C14H19Cl2N3O. The van der Waals surface area contributed by atoms with E-state index in [0.717, 1.165) is 10.8 Å². The second-order valence-electron chi connectivity index (χ2n) is 4.43. The molecule has 1 aromatic carbocycles. The number of nitrogens with two attached hydrogens (primary N) is 1. The molecule has 2 rings (SSSR count). The van der Waals surface area contributed by atoms with Crippen LogP contribution in [0, 0.1) is 5.92 Å². The van der Waals surface area contributed by atoms with Crippen LogP contribution in [0.4, 0.5) is 0 Å². The van der Waals surface area contributed by atoms with Gasteiger partial charge in [0, 0.05) is 18.1 Å². The fraction of sp³-hybridized carbons (Fsp3) is 0.286. The highest BCUT2D eigenvalue weighted by molar-refractivity contribution is 6.05. The highest BCUT2D eigenvalue weighted by Crippen LogP contribution is 2.15. The zero-order valence-corrected chi connectivity index (χ0v) is 12.8. The summed E-state index contributed by atoms with van der Waals surface area (Å²) in [7, 11) is 0. The first kappa shape index (κ1) is 18.6. The number of nitrogens with one attached hydrogen (secondary N) is 1. The summed E-state index contributed by atoms with van der Waals surface area (Å²) in [5.74, 6) is 0.121. The number of halogens is 2. The van der Waals surface area contributed by atoms with Crippen LogP contribution in [-0.2, 0) is 0 Å². The van der Waals surface area contributed by atoms with Gasteiger partial charge in [-0.05, 0) is 23.9 Å². The fourth-order valence-corrected chi connectivity index (χ4v) is 1.73. The molecule has 0 radical (unpaired) electrons. The molecule has 0 spiro atoms. The van der Waals surface area contributed by atoms with Gasteiger partial charge in [-0.3, -0.25) is 9.78 Å². The van der Waals surface area contributed by atoms with E-state index in [9.17, 15) is 4.79 Å². The normalized spacial score (nSPS) is 11.1. The molecule has 0 aliphatic carbocycles. The van der Waals surface area contributed by atoms with Crippen molar-refractivity contribution in [1.82, 2.24) is 10.3 Å². The number of hydrogen-bond donors (Lipinski definition) is 2. The van der Waals surface area contributed by atoms with Crippen LogP contribution in [0.25, 0.3) is 10.8 Å². The molecule has 0 saturated heterocycles. The molecule has 6 heteroatoms. The molecule has 0 fully saturated rings. The maximum absolute atomic E-state index is 12.1. The maximum Gasteiger partial charge on any atom is 0.270 e. The number of carbonyl (C=O) groups excluding carboxylic acids is 1. The smallest absolute Gasteiger partial charge is 0.270 e. The summed E-state index contributed by atoms with van der Waals surface area (Å²) in [5.41, 5.74) is 5.99. The van der Waals surface area contributed by atoms with Gasteiger partial charge in [-0.2, -0.15) is 0 Å². The number of fused-ring (bicyclic) bond motifs is 1. The Labute approximate surface area is 131 Å². The molecule has 0 aliphatic heterocycles. The van der Waals surface area contributed by atoms with E-state index in [1.807, 2.05) is 37.3 Å². The molecule has 1 atom stereocenters. The Kier molecular flexibility index (Phi) is 8.15. The van der Waals surface area contributed by atoms with Crippen molar-refractivity contribution in [1.29, 1.82) is 0 Å². The predicted molar refractivity (Wildman–Crippen MR) is 86.8 cm³/mol. The van der Waals surface area contributed by atoms with Gasteiger partial charge < -0.3 is 11.1 Å². The van der Waals surface area contributed by atoms with Crippen molar-refractivity contribution in [2.45, 2.75) is 6.92 Å². The zero-order valence-electron chi connectivity index (χ0n) is 11.2. The largest absolute Gasteiger partial charge is 0.350 e. The van der Waals surface area contributed by atoms with E-state index in [1.165, 1.54) is 0 Å². The van der Waals surface area contributed by atoms with Gasteiger partial charge in [0.05, 0.1) is 0 Å². The van der Waals surface area contributed by atoms with Crippen molar-refractivity contribution >= 4 is 41.5 Å². The van der Waals surface area contributed by atoms with Gasteiger partial charge in [0.2, 0.25) is 0 Å². The Morgan fingerprint density at radius 1 is 1.30 bits per heavy atom. The predicted octanol–water partition coefficient (Wildman–Crippen LogP) is 2.40. The molecule has 0 aliphatic rings. The summed E-state index contributed by atoms with van der Waals surface area (Å²) >= 11 is 0. The van der Waals surface area contributed by atoms with Crippen LogP contribution >= 0.6 is 24.8 Å². The summed E-state index contributed by atoms with van der Waals surface area (Å²) in [5, 5.41) is 4.75. The van der Waals surface area contributed by atoms with Gasteiger partial charge in [0.1, 0.15) is 5.69 Å². The molecule has 20 heavy (non-hydrogen) atoms. The first-order chi connectivity index (χ1) is 8.72. The van der Waals surface area contributed by atoms with E-state index < -0.39 is 0 Å². The van der Waals surface area contributed by atoms with Crippen LogP contribution in [0.5, 0.6) is 0 Å². The van der Waals surface area contributed by atoms with Crippen molar-refractivity contribution in [3.63, 3.8) is 0 Å². The number of benzene rings is 1. The van der Waals surface area contributed by atoms with Gasteiger partial charge in [-0.15, -0.1) is 24.8 Å². The van der Waals surface area contributed by atoms with Gasteiger partial charge in [0.15, 0.2) is 0 Å². The van der Waals surface area contributed by atoms with E-state index in [-0.39, 0.29) is 36.6 Å². The topological polar surface area (TPSA) is 68.0 Å². The average molecular weight is 316 g/mol. The van der Waals surface area contributed by atoms with Gasteiger partial charge in [-0.1, -0.05) is 31.2 Å². The quantitative estimate of drug-likeness (QED) is 0.910. The van der Waals surface area contributed by atoms with Crippen molar-refractivity contribution in [2.75, 3.05) is 13.1 Å². The minimum Gasteiger partial charge on any atom is -0.350 e. The Bertz CT molecular complexity index is 558. The number of carbonyl (C=O) groups is 1. The van der Waals surface area contributed by atoms with E-state index >= 15 is 0 Å². The molecule has 1 aromatic heterocycles. The van der Waals surface area contributed by atoms with Crippen molar-refractivity contribution in [2.24, 2.45) is 11.7 Å². The van der Waals surface area contributed by atoms with E-state index in [0.29, 0.717) is 18.8 Å². The minimum absolute atomic E-state index is 0. The SMILES string of the molecule is CC(CN)CNC(=O)c1nccc2ccccc12.Cl.Cl. The van der Waals surface area contributed by atoms with Crippen LogP contribution < -0.4 is 11.1 Å². The molecule has 0 saturated carbocycles.